The molecule has 90 heavy (non-hydrogen) atoms. The average molecular weight is 1150 g/mol. The summed E-state index contributed by atoms with van der Waals surface area (Å²) in [5.74, 6) is 3.50. The molecule has 0 N–H and O–H groups in total. The number of aromatic nitrogens is 6. The molecule has 18 rings (SSSR count). The van der Waals surface area contributed by atoms with Crippen LogP contribution in [0.15, 0.2) is 300 Å². The fraction of sp³-hybridized carbons (Fsp3) is 0. The summed E-state index contributed by atoms with van der Waals surface area (Å²) < 4.78 is 13.8. The molecule has 18 aromatic rings. The van der Waals surface area contributed by atoms with Crippen molar-refractivity contribution in [1.82, 2.24) is 29.9 Å². The Labute approximate surface area is 515 Å². The van der Waals surface area contributed by atoms with Crippen LogP contribution < -0.4 is 0 Å². The lowest BCUT2D eigenvalue weighted by molar-refractivity contribution is 0.668. The molecule has 14 aromatic carbocycles. The van der Waals surface area contributed by atoms with Crippen LogP contribution in [0.2, 0.25) is 0 Å². The van der Waals surface area contributed by atoms with Gasteiger partial charge in [-0.15, -0.1) is 0 Å². The minimum Gasteiger partial charge on any atom is -0.456 e. The molecule has 0 saturated heterocycles. The first-order valence-electron chi connectivity index (χ1n) is 30.1. The lowest BCUT2D eigenvalue weighted by Gasteiger charge is -2.14. The van der Waals surface area contributed by atoms with E-state index in [0.717, 1.165) is 132 Å². The van der Waals surface area contributed by atoms with Gasteiger partial charge in [0.1, 0.15) is 22.3 Å². The van der Waals surface area contributed by atoms with Gasteiger partial charge in [0.05, 0.1) is 0 Å². The van der Waals surface area contributed by atoms with E-state index in [1.165, 1.54) is 21.7 Å². The number of fused-ring (bicyclic) bond motifs is 11. The Kier molecular flexibility index (Phi) is 11.7. The highest BCUT2D eigenvalue weighted by atomic mass is 16.3. The number of nitrogens with zero attached hydrogens (tertiary/aromatic N) is 6. The summed E-state index contributed by atoms with van der Waals surface area (Å²) in [7, 11) is 0. The monoisotopic (exact) mass is 1150 g/mol. The zero-order valence-electron chi connectivity index (χ0n) is 48.2. The van der Waals surface area contributed by atoms with Crippen molar-refractivity contribution in [3.63, 3.8) is 0 Å². The van der Waals surface area contributed by atoms with Gasteiger partial charge in [-0.3, -0.25) is 0 Å². The summed E-state index contributed by atoms with van der Waals surface area (Å²) >= 11 is 0. The number of rotatable bonds is 9. The van der Waals surface area contributed by atoms with Gasteiger partial charge in [-0.1, -0.05) is 237 Å². The zero-order valence-corrected chi connectivity index (χ0v) is 48.2. The minimum atomic E-state index is 0.566. The van der Waals surface area contributed by atoms with Crippen LogP contribution in [-0.4, -0.2) is 29.9 Å². The summed E-state index contributed by atoms with van der Waals surface area (Å²) in [5, 5.41) is 12.7. The van der Waals surface area contributed by atoms with Gasteiger partial charge in [-0.05, 0) is 126 Å². The van der Waals surface area contributed by atoms with E-state index in [0.29, 0.717) is 34.9 Å². The first kappa shape index (κ1) is 51.0. The van der Waals surface area contributed by atoms with Crippen LogP contribution in [0.25, 0.3) is 189 Å². The predicted octanol–water partition coefficient (Wildman–Crippen LogP) is 21.5. The van der Waals surface area contributed by atoms with Gasteiger partial charge in [0.2, 0.25) is 0 Å². The van der Waals surface area contributed by atoms with Crippen molar-refractivity contribution in [2.75, 3.05) is 0 Å². The van der Waals surface area contributed by atoms with E-state index in [-0.39, 0.29) is 0 Å². The molecule has 0 spiro atoms. The largest absolute Gasteiger partial charge is 0.456 e. The molecule has 0 aliphatic heterocycles. The number of benzene rings is 14. The summed E-state index contributed by atoms with van der Waals surface area (Å²) in [5.41, 5.74) is 14.9. The van der Waals surface area contributed by atoms with Gasteiger partial charge in [0.15, 0.2) is 34.9 Å². The van der Waals surface area contributed by atoms with Crippen LogP contribution in [0.4, 0.5) is 0 Å². The van der Waals surface area contributed by atoms with Crippen LogP contribution in [-0.2, 0) is 0 Å². The Balaban J connectivity index is 0.776. The molecule has 0 radical (unpaired) electrons. The Morgan fingerprint density at radius 1 is 0.189 bits per heavy atom. The third-order valence-electron chi connectivity index (χ3n) is 17.5. The smallest absolute Gasteiger partial charge is 0.164 e. The molecule has 0 unspecified atom stereocenters. The normalized spacial score (nSPS) is 11.8. The number of hydrogen-bond donors (Lipinski definition) is 0. The van der Waals surface area contributed by atoms with E-state index in [2.05, 4.69) is 224 Å². The first-order valence-corrected chi connectivity index (χ1v) is 30.1. The van der Waals surface area contributed by atoms with Gasteiger partial charge < -0.3 is 8.83 Å². The molecule has 8 nitrogen and oxygen atoms in total. The predicted molar refractivity (Wildman–Crippen MR) is 367 cm³/mol. The van der Waals surface area contributed by atoms with Crippen molar-refractivity contribution in [1.29, 1.82) is 0 Å². The van der Waals surface area contributed by atoms with Crippen LogP contribution in [0.3, 0.4) is 0 Å². The van der Waals surface area contributed by atoms with E-state index in [9.17, 15) is 0 Å². The van der Waals surface area contributed by atoms with E-state index >= 15 is 0 Å². The van der Waals surface area contributed by atoms with Crippen molar-refractivity contribution in [2.24, 2.45) is 0 Å². The first-order chi connectivity index (χ1) is 44.5. The summed E-state index contributed by atoms with van der Waals surface area (Å²) in [4.78, 5) is 31.5. The van der Waals surface area contributed by atoms with E-state index in [1.807, 2.05) is 66.7 Å². The molecule has 0 aliphatic rings. The fourth-order valence-electron chi connectivity index (χ4n) is 13.2. The second-order valence-corrected chi connectivity index (χ2v) is 22.9. The lowest BCUT2D eigenvalue weighted by atomic mass is 9.92. The number of para-hydroxylation sites is 1. The van der Waals surface area contributed by atoms with Crippen LogP contribution in [0.1, 0.15) is 0 Å². The quantitative estimate of drug-likeness (QED) is 0.132. The van der Waals surface area contributed by atoms with Gasteiger partial charge in [0.25, 0.3) is 0 Å². The summed E-state index contributed by atoms with van der Waals surface area (Å²) in [6, 6.07) is 101. The molecular formula is C82H48N6O2. The summed E-state index contributed by atoms with van der Waals surface area (Å²) in [6.07, 6.45) is 0. The molecule has 8 heteroatoms. The topological polar surface area (TPSA) is 104 Å². The minimum absolute atomic E-state index is 0.566. The van der Waals surface area contributed by atoms with Gasteiger partial charge >= 0.3 is 0 Å². The van der Waals surface area contributed by atoms with E-state index < -0.39 is 0 Å². The molecule has 0 atom stereocenters. The number of hydrogen-bond acceptors (Lipinski definition) is 8. The van der Waals surface area contributed by atoms with Crippen LogP contribution >= 0.6 is 0 Å². The highest BCUT2D eigenvalue weighted by Gasteiger charge is 2.23. The average Bonchev–Trinajstić information content (AvgIpc) is 1.59. The zero-order chi connectivity index (χ0) is 59.2. The standard InChI is InChI=1S/C82H48N6O2/c1-4-18-49(19-5-1)53-25-14-26-54(42-53)55-27-15-29-59(43-55)79-83-77(51-21-6-2-7-22-51)85-81(87-79)65-33-16-28-56-45-70-69-46-58(39-41-73(69)89-74(70)48-67(56)65)75-64-32-17-34-66(68(64)47-71-63-31-12-13-35-72(63)90-76(71)75)82-86-78(52-23-8-3-9-24-52)84-80(88-82)60-38-40-62-57(44-60)37-36-50-20-10-11-30-61(50)62/h1-48H. The fourth-order valence-corrected chi connectivity index (χ4v) is 13.2. The van der Waals surface area contributed by atoms with Gasteiger partial charge in [-0.25, -0.2) is 29.9 Å². The molecule has 0 aliphatic carbocycles. The molecule has 0 amide bonds. The Morgan fingerprint density at radius 2 is 0.656 bits per heavy atom. The van der Waals surface area contributed by atoms with Crippen molar-refractivity contribution in [2.45, 2.75) is 0 Å². The molecule has 0 fully saturated rings. The molecule has 0 saturated carbocycles. The molecule has 4 heterocycles. The summed E-state index contributed by atoms with van der Waals surface area (Å²) in [6.45, 7) is 0. The maximum absolute atomic E-state index is 6.94. The lowest BCUT2D eigenvalue weighted by Crippen LogP contribution is -2.00. The molecule has 418 valence electrons. The van der Waals surface area contributed by atoms with E-state index in [4.69, 9.17) is 38.7 Å². The second-order valence-electron chi connectivity index (χ2n) is 22.9. The Bertz CT molecular complexity index is 5920. The highest BCUT2D eigenvalue weighted by molar-refractivity contribution is 6.22. The van der Waals surface area contributed by atoms with E-state index in [1.54, 1.807) is 0 Å². The molecule has 0 bridgehead atoms. The number of furan rings is 2. The second kappa shape index (κ2) is 20.7. The maximum Gasteiger partial charge on any atom is 0.164 e. The third-order valence-corrected chi connectivity index (χ3v) is 17.5. The van der Waals surface area contributed by atoms with Crippen LogP contribution in [0, 0.1) is 0 Å². The Morgan fingerprint density at radius 3 is 1.38 bits per heavy atom. The third kappa shape index (κ3) is 8.68. The van der Waals surface area contributed by atoms with Crippen molar-refractivity contribution >= 4 is 87.0 Å². The maximum atomic E-state index is 6.94. The van der Waals surface area contributed by atoms with Gasteiger partial charge in [-0.2, -0.15) is 0 Å². The van der Waals surface area contributed by atoms with Crippen molar-refractivity contribution < 1.29 is 8.83 Å². The highest BCUT2D eigenvalue weighted by Crippen LogP contribution is 2.46. The SMILES string of the molecule is c1ccc(-c2cccc(-c3cccc(-c4nc(-c5ccccc5)nc(-c5cccc6cc7c(cc56)oc5ccc(-c6c8cccc(-c9nc(-c%10ccccc%10)nc(-c%10ccc%11c(ccc%12ccccc%12%11)c%10)n9)c8cc8c6oc6ccccc68)cc57)n4)c3)c2)cc1. The van der Waals surface area contributed by atoms with Crippen LogP contribution in [0.5, 0.6) is 0 Å². The molecular weight excluding hydrogens is 1100 g/mol. The van der Waals surface area contributed by atoms with Crippen molar-refractivity contribution in [3.8, 4) is 102 Å². The Hall–Kier alpha value is -12.3. The van der Waals surface area contributed by atoms with Crippen molar-refractivity contribution in [3.05, 3.63) is 291 Å². The molecule has 4 aromatic heterocycles. The van der Waals surface area contributed by atoms with Gasteiger partial charge in [0, 0.05) is 60.5 Å².